The number of allylic oxidation sites excluding steroid dienone is 3. The topological polar surface area (TPSA) is 53.2 Å². The molecule has 1 atom stereocenters. The van der Waals surface area contributed by atoms with E-state index in [1.165, 1.54) is 5.70 Å². The molecular weight excluding hydrogens is 226 g/mol. The first-order valence-electron chi connectivity index (χ1n) is 6.58. The lowest BCUT2D eigenvalue weighted by Crippen LogP contribution is -2.60. The van der Waals surface area contributed by atoms with E-state index in [0.29, 0.717) is 5.92 Å². The predicted molar refractivity (Wildman–Crippen MR) is 75.2 cm³/mol. The Hall–Kier alpha value is -1.13. The van der Waals surface area contributed by atoms with Gasteiger partial charge in [-0.25, -0.2) is 0 Å². The monoisotopic (exact) mass is 251 g/mol. The van der Waals surface area contributed by atoms with Gasteiger partial charge in [-0.1, -0.05) is 19.1 Å². The molecule has 4 nitrogen and oxygen atoms in total. The molecule has 3 N–H and O–H groups in total. The van der Waals surface area contributed by atoms with Gasteiger partial charge in [0, 0.05) is 18.7 Å². The van der Waals surface area contributed by atoms with Crippen LogP contribution in [0.1, 0.15) is 26.2 Å². The number of hydrogen-bond acceptors (Lipinski definition) is 4. The van der Waals surface area contributed by atoms with Crippen molar-refractivity contribution in [1.29, 1.82) is 0 Å². The summed E-state index contributed by atoms with van der Waals surface area (Å²) in [5.41, 5.74) is 1.84. The Morgan fingerprint density at radius 1 is 1.44 bits per heavy atom. The lowest BCUT2D eigenvalue weighted by atomic mass is 9.89. The maximum absolute atomic E-state index is 10.8. The maximum Gasteiger partial charge on any atom is 0.145 e. The van der Waals surface area contributed by atoms with Crippen molar-refractivity contribution < 1.29 is 4.79 Å². The number of hydrogen-bond donors (Lipinski definition) is 3. The van der Waals surface area contributed by atoms with Gasteiger partial charge in [-0.2, -0.15) is 0 Å². The molecular formula is C14H25N3O. The zero-order valence-electron chi connectivity index (χ0n) is 11.8. The first-order chi connectivity index (χ1) is 8.68. The minimum atomic E-state index is -0.215. The van der Waals surface area contributed by atoms with Crippen molar-refractivity contribution in [2.24, 2.45) is 5.92 Å². The normalized spacial score (nSPS) is 22.8. The van der Waals surface area contributed by atoms with Crippen molar-refractivity contribution in [1.82, 2.24) is 16.0 Å². The Morgan fingerprint density at radius 2 is 2.11 bits per heavy atom. The number of carbonyl (C=O) groups excluding carboxylic acids is 1. The number of carbonyl (C=O) groups is 1. The molecule has 102 valence electrons. The molecule has 18 heavy (non-hydrogen) atoms. The zero-order chi connectivity index (χ0) is 13.6. The average molecular weight is 251 g/mol. The van der Waals surface area contributed by atoms with Gasteiger partial charge in [-0.15, -0.1) is 0 Å². The molecule has 0 spiro atoms. The van der Waals surface area contributed by atoms with Gasteiger partial charge in [0.1, 0.15) is 11.9 Å². The Balaban J connectivity index is 2.84. The van der Waals surface area contributed by atoms with Gasteiger partial charge in [0.2, 0.25) is 0 Å². The highest BCUT2D eigenvalue weighted by atomic mass is 16.1. The van der Waals surface area contributed by atoms with E-state index in [4.69, 9.17) is 0 Å². The number of nitrogens with one attached hydrogen (secondary N) is 3. The molecule has 0 aromatic carbocycles. The summed E-state index contributed by atoms with van der Waals surface area (Å²) < 4.78 is 0. The van der Waals surface area contributed by atoms with Gasteiger partial charge >= 0.3 is 0 Å². The predicted octanol–water partition coefficient (Wildman–Crippen LogP) is 1.17. The summed E-state index contributed by atoms with van der Waals surface area (Å²) in [7, 11) is 5.87. The third kappa shape index (κ3) is 2.65. The number of rotatable bonds is 7. The highest BCUT2D eigenvalue weighted by Crippen LogP contribution is 2.34. The minimum Gasteiger partial charge on any atom is -0.389 e. The Kier molecular flexibility index (Phi) is 5.56. The smallest absolute Gasteiger partial charge is 0.145 e. The molecule has 4 heteroatoms. The van der Waals surface area contributed by atoms with Gasteiger partial charge in [-0.05, 0) is 38.9 Å². The highest BCUT2D eigenvalue weighted by Gasteiger charge is 2.42. The second-order valence-electron chi connectivity index (χ2n) is 4.59. The van der Waals surface area contributed by atoms with Crippen LogP contribution in [0.4, 0.5) is 0 Å². The van der Waals surface area contributed by atoms with Crippen molar-refractivity contribution in [3.63, 3.8) is 0 Å². The molecule has 1 aliphatic rings. The van der Waals surface area contributed by atoms with Crippen LogP contribution in [-0.4, -0.2) is 33.1 Å². The van der Waals surface area contributed by atoms with Gasteiger partial charge < -0.3 is 5.32 Å². The molecule has 1 unspecified atom stereocenters. The maximum atomic E-state index is 10.8. The van der Waals surface area contributed by atoms with E-state index in [2.05, 4.69) is 28.1 Å². The summed E-state index contributed by atoms with van der Waals surface area (Å²) in [6, 6.07) is 0. The molecule has 1 rings (SSSR count). The third-order valence-corrected chi connectivity index (χ3v) is 3.93. The molecule has 0 radical (unpaired) electrons. The third-order valence-electron chi connectivity index (χ3n) is 3.93. The molecule has 0 aliphatic heterocycles. The standard InChI is InChI=1S/C14H25N3O/c1-5-11(10-18)6-7-12-8-9-13(15-2)14(12,16-3)17-4/h6,9-10,12,15-17H,5,7-8H2,1-4H3. The van der Waals surface area contributed by atoms with Gasteiger partial charge in [0.25, 0.3) is 0 Å². The molecule has 0 heterocycles. The van der Waals surface area contributed by atoms with Crippen LogP contribution in [0.3, 0.4) is 0 Å². The second-order valence-corrected chi connectivity index (χ2v) is 4.59. The summed E-state index contributed by atoms with van der Waals surface area (Å²) in [5, 5.41) is 10.0. The van der Waals surface area contributed by atoms with Crippen LogP contribution in [0.25, 0.3) is 0 Å². The fourth-order valence-corrected chi connectivity index (χ4v) is 2.76. The van der Waals surface area contributed by atoms with E-state index in [-0.39, 0.29) is 5.66 Å². The van der Waals surface area contributed by atoms with E-state index in [1.54, 1.807) is 0 Å². The minimum absolute atomic E-state index is 0.215. The largest absolute Gasteiger partial charge is 0.389 e. The summed E-state index contributed by atoms with van der Waals surface area (Å²) in [4.78, 5) is 10.8. The average Bonchev–Trinajstić information content (AvgIpc) is 2.78. The van der Waals surface area contributed by atoms with Crippen LogP contribution in [0.2, 0.25) is 0 Å². The van der Waals surface area contributed by atoms with E-state index in [0.717, 1.165) is 31.1 Å². The molecule has 0 aromatic heterocycles. The fourth-order valence-electron chi connectivity index (χ4n) is 2.76. The van der Waals surface area contributed by atoms with E-state index in [9.17, 15) is 4.79 Å². The summed E-state index contributed by atoms with van der Waals surface area (Å²) in [6.07, 6.45) is 7.94. The molecule has 0 fully saturated rings. The zero-order valence-corrected chi connectivity index (χ0v) is 11.8. The summed E-state index contributed by atoms with van der Waals surface area (Å²) >= 11 is 0. The van der Waals surface area contributed by atoms with E-state index >= 15 is 0 Å². The van der Waals surface area contributed by atoms with E-state index < -0.39 is 0 Å². The van der Waals surface area contributed by atoms with Crippen molar-refractivity contribution >= 4 is 6.29 Å². The second kappa shape index (κ2) is 6.71. The van der Waals surface area contributed by atoms with Crippen LogP contribution in [0.15, 0.2) is 23.4 Å². The lowest BCUT2D eigenvalue weighted by Gasteiger charge is -2.37. The fraction of sp³-hybridized carbons (Fsp3) is 0.643. The Morgan fingerprint density at radius 3 is 2.56 bits per heavy atom. The van der Waals surface area contributed by atoms with Crippen molar-refractivity contribution in [2.75, 3.05) is 21.1 Å². The van der Waals surface area contributed by atoms with Crippen molar-refractivity contribution in [3.8, 4) is 0 Å². The first-order valence-corrected chi connectivity index (χ1v) is 6.58. The van der Waals surface area contributed by atoms with Crippen LogP contribution >= 0.6 is 0 Å². The van der Waals surface area contributed by atoms with Crippen LogP contribution in [0.5, 0.6) is 0 Å². The number of aldehydes is 1. The Bertz CT molecular complexity index is 343. The lowest BCUT2D eigenvalue weighted by molar-refractivity contribution is -0.105. The summed E-state index contributed by atoms with van der Waals surface area (Å²) in [5.74, 6) is 0.413. The quantitative estimate of drug-likeness (QED) is 0.361. The molecule has 1 aliphatic carbocycles. The van der Waals surface area contributed by atoms with E-state index in [1.807, 2.05) is 28.1 Å². The first kappa shape index (κ1) is 14.9. The van der Waals surface area contributed by atoms with Crippen molar-refractivity contribution in [2.45, 2.75) is 31.8 Å². The van der Waals surface area contributed by atoms with Gasteiger partial charge in [0.15, 0.2) is 0 Å². The van der Waals surface area contributed by atoms with Crippen LogP contribution < -0.4 is 16.0 Å². The molecule has 0 amide bonds. The number of likely N-dealkylation sites (N-methyl/N-ethyl adjacent to an activating group) is 3. The van der Waals surface area contributed by atoms with Crippen molar-refractivity contribution in [3.05, 3.63) is 23.4 Å². The molecule has 0 bridgehead atoms. The van der Waals surface area contributed by atoms with Crippen LogP contribution in [0, 0.1) is 5.92 Å². The Labute approximate surface area is 110 Å². The summed E-state index contributed by atoms with van der Waals surface area (Å²) in [6.45, 7) is 2.01. The molecule has 0 aromatic rings. The van der Waals surface area contributed by atoms with Crippen LogP contribution in [-0.2, 0) is 4.79 Å². The molecule has 0 saturated carbocycles. The SMILES string of the molecule is CCC(C=O)=CCC1CC=C(NC)C1(NC)NC. The van der Waals surface area contributed by atoms with Gasteiger partial charge in [0.05, 0.1) is 0 Å². The highest BCUT2D eigenvalue weighted by molar-refractivity contribution is 5.72. The van der Waals surface area contributed by atoms with Gasteiger partial charge in [-0.3, -0.25) is 15.4 Å². The molecule has 0 saturated heterocycles.